The van der Waals surface area contributed by atoms with E-state index in [2.05, 4.69) is 11.4 Å². The fourth-order valence-electron chi connectivity index (χ4n) is 1.81. The van der Waals surface area contributed by atoms with E-state index in [0.717, 1.165) is 0 Å². The Morgan fingerprint density at radius 3 is 2.15 bits per heavy atom. The fraction of sp³-hybridized carbons (Fsp3) is 0.500. The quantitative estimate of drug-likeness (QED) is 0.728. The van der Waals surface area contributed by atoms with E-state index < -0.39 is 6.04 Å². The van der Waals surface area contributed by atoms with E-state index in [1.165, 1.54) is 0 Å². The molecule has 0 bridgehead atoms. The van der Waals surface area contributed by atoms with Crippen LogP contribution in [0.3, 0.4) is 0 Å². The Morgan fingerprint density at radius 2 is 1.65 bits per heavy atom. The minimum atomic E-state index is -0.514. The first kappa shape index (κ1) is 16.1. The maximum absolute atomic E-state index is 9.31. The molecule has 20 heavy (non-hydrogen) atoms. The van der Waals surface area contributed by atoms with Crippen molar-refractivity contribution in [3.05, 3.63) is 17.7 Å². The van der Waals surface area contributed by atoms with E-state index in [1.54, 1.807) is 40.6 Å². The van der Waals surface area contributed by atoms with Crippen LogP contribution in [0.5, 0.6) is 17.2 Å². The lowest BCUT2D eigenvalue weighted by molar-refractivity contribution is 0.197. The summed E-state index contributed by atoms with van der Waals surface area (Å²) in [5.41, 5.74) is 0.698. The van der Waals surface area contributed by atoms with Crippen molar-refractivity contribution >= 4 is 0 Å². The largest absolute Gasteiger partial charge is 0.496 e. The summed E-state index contributed by atoms with van der Waals surface area (Å²) >= 11 is 0. The minimum Gasteiger partial charge on any atom is -0.496 e. The molecule has 0 saturated carbocycles. The Labute approximate surface area is 119 Å². The molecule has 0 saturated heterocycles. The Balaban J connectivity index is 3.10. The first-order valence-corrected chi connectivity index (χ1v) is 6.13. The summed E-state index contributed by atoms with van der Waals surface area (Å²) in [5, 5.41) is 12.4. The van der Waals surface area contributed by atoms with Gasteiger partial charge in [-0.15, -0.1) is 0 Å². The maximum Gasteiger partial charge on any atom is 0.164 e. The highest BCUT2D eigenvalue weighted by atomic mass is 16.5. The third-order valence-electron chi connectivity index (χ3n) is 2.83. The van der Waals surface area contributed by atoms with Crippen LogP contribution in [0.15, 0.2) is 12.1 Å². The minimum absolute atomic E-state index is 0.514. The maximum atomic E-state index is 9.31. The normalized spacial score (nSPS) is 11.6. The van der Waals surface area contributed by atoms with Crippen molar-refractivity contribution < 1.29 is 18.9 Å². The summed E-state index contributed by atoms with van der Waals surface area (Å²) in [6.07, 6.45) is 0. The van der Waals surface area contributed by atoms with Gasteiger partial charge in [0.1, 0.15) is 11.8 Å². The molecule has 1 atom stereocenters. The first-order chi connectivity index (χ1) is 9.71. The Hall–Kier alpha value is -1.97. The number of ether oxygens (including phenoxy) is 4. The van der Waals surface area contributed by atoms with Gasteiger partial charge in [0.2, 0.25) is 0 Å². The van der Waals surface area contributed by atoms with Crippen LogP contribution in [0, 0.1) is 11.3 Å². The molecular weight excluding hydrogens is 260 g/mol. The van der Waals surface area contributed by atoms with Gasteiger partial charge in [-0.25, -0.2) is 0 Å². The average molecular weight is 280 g/mol. The summed E-state index contributed by atoms with van der Waals surface area (Å²) in [5.74, 6) is 1.68. The Morgan fingerprint density at radius 1 is 1.05 bits per heavy atom. The number of hydrogen-bond donors (Lipinski definition) is 1. The number of nitriles is 1. The van der Waals surface area contributed by atoms with Gasteiger partial charge in [0, 0.05) is 25.3 Å². The molecule has 0 aliphatic carbocycles. The van der Waals surface area contributed by atoms with E-state index in [1.807, 2.05) is 0 Å². The molecule has 1 aromatic rings. The topological polar surface area (TPSA) is 72.7 Å². The van der Waals surface area contributed by atoms with Crippen LogP contribution >= 0.6 is 0 Å². The predicted octanol–water partition coefficient (Wildman–Crippen LogP) is 1.51. The third kappa shape index (κ3) is 3.76. The predicted molar refractivity (Wildman–Crippen MR) is 74.3 cm³/mol. The van der Waals surface area contributed by atoms with Crippen LogP contribution in [-0.2, 0) is 4.74 Å². The standard InChI is InChI=1S/C14H20N2O4/c1-17-6-5-16-11(9-15)10-7-13(19-3)14(20-4)8-12(10)18-2/h7-8,11,16H,5-6H2,1-4H3. The van der Waals surface area contributed by atoms with Crippen molar-refractivity contribution in [3.63, 3.8) is 0 Å². The highest BCUT2D eigenvalue weighted by Crippen LogP contribution is 2.37. The molecular formula is C14H20N2O4. The van der Waals surface area contributed by atoms with Crippen molar-refractivity contribution in [2.45, 2.75) is 6.04 Å². The van der Waals surface area contributed by atoms with Gasteiger partial charge in [-0.05, 0) is 6.07 Å². The lowest BCUT2D eigenvalue weighted by Crippen LogP contribution is -2.24. The molecule has 0 fully saturated rings. The number of rotatable bonds is 8. The molecule has 0 radical (unpaired) electrons. The Bertz CT molecular complexity index is 471. The molecule has 0 aliphatic rings. The fourth-order valence-corrected chi connectivity index (χ4v) is 1.81. The van der Waals surface area contributed by atoms with E-state index in [0.29, 0.717) is 36.0 Å². The van der Waals surface area contributed by atoms with Crippen LogP contribution in [-0.4, -0.2) is 41.6 Å². The molecule has 0 aromatic heterocycles. The van der Waals surface area contributed by atoms with E-state index in [9.17, 15) is 5.26 Å². The smallest absolute Gasteiger partial charge is 0.164 e. The lowest BCUT2D eigenvalue weighted by Gasteiger charge is -2.18. The third-order valence-corrected chi connectivity index (χ3v) is 2.83. The first-order valence-electron chi connectivity index (χ1n) is 6.13. The van der Waals surface area contributed by atoms with Gasteiger partial charge >= 0.3 is 0 Å². The second-order valence-electron chi connectivity index (χ2n) is 3.96. The van der Waals surface area contributed by atoms with E-state index in [4.69, 9.17) is 18.9 Å². The van der Waals surface area contributed by atoms with Crippen molar-refractivity contribution in [1.82, 2.24) is 5.32 Å². The zero-order valence-corrected chi connectivity index (χ0v) is 12.2. The number of benzene rings is 1. The number of nitrogens with zero attached hydrogens (tertiary/aromatic N) is 1. The van der Waals surface area contributed by atoms with Gasteiger partial charge in [0.05, 0.1) is 34.0 Å². The zero-order valence-electron chi connectivity index (χ0n) is 12.2. The molecule has 1 N–H and O–H groups in total. The summed E-state index contributed by atoms with van der Waals surface area (Å²) < 4.78 is 20.8. The molecule has 1 rings (SSSR count). The van der Waals surface area contributed by atoms with E-state index >= 15 is 0 Å². The number of nitrogens with one attached hydrogen (secondary N) is 1. The summed E-state index contributed by atoms with van der Waals surface area (Å²) in [7, 11) is 6.26. The monoisotopic (exact) mass is 280 g/mol. The van der Waals surface area contributed by atoms with Crippen LogP contribution in [0.4, 0.5) is 0 Å². The second kappa shape index (κ2) is 8.25. The van der Waals surface area contributed by atoms with Gasteiger partial charge in [0.15, 0.2) is 11.5 Å². The van der Waals surface area contributed by atoms with Gasteiger partial charge < -0.3 is 18.9 Å². The second-order valence-corrected chi connectivity index (χ2v) is 3.96. The van der Waals surface area contributed by atoms with Gasteiger partial charge in [0.25, 0.3) is 0 Å². The molecule has 0 heterocycles. The molecule has 110 valence electrons. The van der Waals surface area contributed by atoms with Crippen LogP contribution in [0.25, 0.3) is 0 Å². The van der Waals surface area contributed by atoms with Crippen molar-refractivity contribution in [1.29, 1.82) is 5.26 Å². The molecule has 1 unspecified atom stereocenters. The molecule has 0 spiro atoms. The van der Waals surface area contributed by atoms with Crippen molar-refractivity contribution in [2.24, 2.45) is 0 Å². The van der Waals surface area contributed by atoms with Crippen LogP contribution in [0.2, 0.25) is 0 Å². The SMILES string of the molecule is COCCNC(C#N)c1cc(OC)c(OC)cc1OC. The van der Waals surface area contributed by atoms with Gasteiger partial charge in [-0.3, -0.25) is 5.32 Å². The molecule has 6 nitrogen and oxygen atoms in total. The van der Waals surface area contributed by atoms with Crippen molar-refractivity contribution in [2.75, 3.05) is 41.6 Å². The summed E-state index contributed by atoms with van der Waals surface area (Å²) in [6, 6.07) is 5.13. The lowest BCUT2D eigenvalue weighted by atomic mass is 10.1. The van der Waals surface area contributed by atoms with Crippen molar-refractivity contribution in [3.8, 4) is 23.3 Å². The molecule has 0 amide bonds. The molecule has 1 aromatic carbocycles. The van der Waals surface area contributed by atoms with Gasteiger partial charge in [-0.2, -0.15) is 5.26 Å². The highest BCUT2D eigenvalue weighted by molar-refractivity contribution is 5.52. The van der Waals surface area contributed by atoms with Gasteiger partial charge in [-0.1, -0.05) is 0 Å². The molecule has 0 aliphatic heterocycles. The zero-order chi connectivity index (χ0) is 15.0. The number of methoxy groups -OCH3 is 4. The highest BCUT2D eigenvalue weighted by Gasteiger charge is 2.19. The average Bonchev–Trinajstić information content (AvgIpc) is 2.50. The summed E-state index contributed by atoms with van der Waals surface area (Å²) in [6.45, 7) is 1.08. The number of hydrogen-bond acceptors (Lipinski definition) is 6. The van der Waals surface area contributed by atoms with Crippen LogP contribution in [0.1, 0.15) is 11.6 Å². The summed E-state index contributed by atoms with van der Waals surface area (Å²) in [4.78, 5) is 0. The Kier molecular flexibility index (Phi) is 6.64. The molecule has 6 heteroatoms. The van der Waals surface area contributed by atoms with Crippen LogP contribution < -0.4 is 19.5 Å². The van der Waals surface area contributed by atoms with E-state index in [-0.39, 0.29) is 0 Å².